The minimum absolute atomic E-state index is 0.216. The quantitative estimate of drug-likeness (QED) is 0.917. The van der Waals surface area contributed by atoms with Gasteiger partial charge >= 0.3 is 0 Å². The predicted octanol–water partition coefficient (Wildman–Crippen LogP) is 3.36. The normalized spacial score (nSPS) is 12.2. The van der Waals surface area contributed by atoms with Gasteiger partial charge in [0.15, 0.2) is 0 Å². The van der Waals surface area contributed by atoms with Crippen molar-refractivity contribution < 1.29 is 4.74 Å². The number of methoxy groups -OCH3 is 1. The average molecular weight is 321 g/mol. The summed E-state index contributed by atoms with van der Waals surface area (Å²) in [4.78, 5) is 4.16. The van der Waals surface area contributed by atoms with Crippen LogP contribution in [0.3, 0.4) is 0 Å². The van der Waals surface area contributed by atoms with Crippen molar-refractivity contribution in [2.75, 3.05) is 14.2 Å². The molecule has 0 spiro atoms. The highest BCUT2D eigenvalue weighted by molar-refractivity contribution is 9.10. The van der Waals surface area contributed by atoms with Crippen LogP contribution in [0, 0.1) is 0 Å². The van der Waals surface area contributed by atoms with Crippen LogP contribution in [0.2, 0.25) is 0 Å². The lowest BCUT2D eigenvalue weighted by Gasteiger charge is -2.19. The third kappa shape index (κ3) is 3.55. The Hall–Kier alpha value is -1.39. The van der Waals surface area contributed by atoms with Crippen LogP contribution in [0.15, 0.2) is 47.2 Å². The zero-order valence-corrected chi connectivity index (χ0v) is 12.6. The Kier molecular flexibility index (Phi) is 4.93. The van der Waals surface area contributed by atoms with E-state index in [-0.39, 0.29) is 6.04 Å². The van der Waals surface area contributed by atoms with E-state index in [2.05, 4.69) is 38.4 Å². The number of benzene rings is 1. The first kappa shape index (κ1) is 14.0. The third-order valence-electron chi connectivity index (χ3n) is 3.09. The first-order chi connectivity index (χ1) is 9.24. The van der Waals surface area contributed by atoms with Crippen LogP contribution in [-0.2, 0) is 6.42 Å². The molecule has 1 aromatic carbocycles. The Morgan fingerprint density at radius 2 is 2.21 bits per heavy atom. The molecular formula is C15H17BrN2O. The highest BCUT2D eigenvalue weighted by Crippen LogP contribution is 2.29. The fourth-order valence-corrected chi connectivity index (χ4v) is 2.56. The van der Waals surface area contributed by atoms with Gasteiger partial charge in [-0.3, -0.25) is 4.98 Å². The Morgan fingerprint density at radius 3 is 2.84 bits per heavy atom. The molecule has 0 aliphatic heterocycles. The van der Waals surface area contributed by atoms with Crippen LogP contribution >= 0.6 is 15.9 Å². The molecule has 0 bridgehead atoms. The molecule has 0 amide bonds. The number of nitrogens with one attached hydrogen (secondary N) is 1. The Labute approximate surface area is 122 Å². The standard InChI is InChI=1S/C15H17BrN2O/c1-17-15(8-11-4-3-7-18-10-11)13-9-12(19-2)5-6-14(13)16/h3-7,9-10,15,17H,8H2,1-2H3. The van der Waals surface area contributed by atoms with Gasteiger partial charge < -0.3 is 10.1 Å². The molecular weight excluding hydrogens is 304 g/mol. The molecule has 0 aliphatic carbocycles. The first-order valence-electron chi connectivity index (χ1n) is 6.14. The second-order valence-electron chi connectivity index (χ2n) is 4.29. The summed E-state index contributed by atoms with van der Waals surface area (Å²) in [5.74, 6) is 0.865. The van der Waals surface area contributed by atoms with Crippen LogP contribution in [0.25, 0.3) is 0 Å². The van der Waals surface area contributed by atoms with Gasteiger partial charge in [-0.25, -0.2) is 0 Å². The number of hydrogen-bond acceptors (Lipinski definition) is 3. The highest BCUT2D eigenvalue weighted by Gasteiger charge is 2.14. The SMILES string of the molecule is CNC(Cc1cccnc1)c1cc(OC)ccc1Br. The lowest BCUT2D eigenvalue weighted by Crippen LogP contribution is -2.19. The Morgan fingerprint density at radius 1 is 1.37 bits per heavy atom. The number of halogens is 1. The number of aromatic nitrogens is 1. The van der Waals surface area contributed by atoms with Crippen molar-refractivity contribution in [3.8, 4) is 5.75 Å². The van der Waals surface area contributed by atoms with Gasteiger partial charge in [-0.05, 0) is 48.9 Å². The van der Waals surface area contributed by atoms with Crippen LogP contribution in [0.1, 0.15) is 17.2 Å². The molecule has 100 valence electrons. The molecule has 0 saturated heterocycles. The van der Waals surface area contributed by atoms with E-state index in [0.29, 0.717) is 0 Å². The minimum atomic E-state index is 0.216. The third-order valence-corrected chi connectivity index (χ3v) is 3.81. The van der Waals surface area contributed by atoms with E-state index < -0.39 is 0 Å². The van der Waals surface area contributed by atoms with Gasteiger partial charge in [0.25, 0.3) is 0 Å². The molecule has 1 N–H and O–H groups in total. The van der Waals surface area contributed by atoms with Crippen LogP contribution < -0.4 is 10.1 Å². The average Bonchev–Trinajstić information content (AvgIpc) is 2.47. The summed E-state index contributed by atoms with van der Waals surface area (Å²) >= 11 is 3.60. The Bertz CT molecular complexity index is 531. The number of hydrogen-bond donors (Lipinski definition) is 1. The molecule has 1 unspecified atom stereocenters. The maximum atomic E-state index is 5.29. The van der Waals surface area contributed by atoms with Crippen molar-refractivity contribution in [2.24, 2.45) is 0 Å². The zero-order valence-electron chi connectivity index (χ0n) is 11.1. The van der Waals surface area contributed by atoms with Crippen molar-refractivity contribution in [3.05, 3.63) is 58.3 Å². The number of rotatable bonds is 5. The highest BCUT2D eigenvalue weighted by atomic mass is 79.9. The lowest BCUT2D eigenvalue weighted by atomic mass is 10.00. The molecule has 1 aromatic heterocycles. The zero-order chi connectivity index (χ0) is 13.7. The summed E-state index contributed by atoms with van der Waals surface area (Å²) in [5.41, 5.74) is 2.39. The summed E-state index contributed by atoms with van der Waals surface area (Å²) in [6.45, 7) is 0. The summed E-state index contributed by atoms with van der Waals surface area (Å²) in [6, 6.07) is 10.3. The summed E-state index contributed by atoms with van der Waals surface area (Å²) in [6.07, 6.45) is 4.58. The maximum Gasteiger partial charge on any atom is 0.119 e. The van der Waals surface area contributed by atoms with Crippen LogP contribution in [-0.4, -0.2) is 19.1 Å². The van der Waals surface area contributed by atoms with Gasteiger partial charge in [-0.1, -0.05) is 22.0 Å². The maximum absolute atomic E-state index is 5.29. The van der Waals surface area contributed by atoms with Crippen LogP contribution in [0.4, 0.5) is 0 Å². The van der Waals surface area contributed by atoms with E-state index in [9.17, 15) is 0 Å². The summed E-state index contributed by atoms with van der Waals surface area (Å²) < 4.78 is 6.37. The van der Waals surface area contributed by atoms with Gasteiger partial charge in [0.1, 0.15) is 5.75 Å². The molecule has 4 heteroatoms. The fraction of sp³-hybridized carbons (Fsp3) is 0.267. The molecule has 1 atom stereocenters. The molecule has 0 fully saturated rings. The molecule has 0 saturated carbocycles. The summed E-state index contributed by atoms with van der Waals surface area (Å²) in [5, 5.41) is 3.35. The molecule has 1 heterocycles. The van der Waals surface area contributed by atoms with Crippen LogP contribution in [0.5, 0.6) is 5.75 Å². The van der Waals surface area contributed by atoms with Gasteiger partial charge in [0.05, 0.1) is 7.11 Å². The van der Waals surface area contributed by atoms with Gasteiger partial charge in [-0.15, -0.1) is 0 Å². The molecule has 2 aromatic rings. The van der Waals surface area contributed by atoms with E-state index in [4.69, 9.17) is 4.74 Å². The van der Waals surface area contributed by atoms with E-state index >= 15 is 0 Å². The number of likely N-dealkylation sites (N-methyl/N-ethyl adjacent to an activating group) is 1. The lowest BCUT2D eigenvalue weighted by molar-refractivity contribution is 0.413. The minimum Gasteiger partial charge on any atom is -0.497 e. The number of ether oxygens (including phenoxy) is 1. The van der Waals surface area contributed by atoms with Gasteiger partial charge in [0.2, 0.25) is 0 Å². The van der Waals surface area contributed by atoms with Crippen molar-refractivity contribution in [2.45, 2.75) is 12.5 Å². The second-order valence-corrected chi connectivity index (χ2v) is 5.15. The summed E-state index contributed by atoms with van der Waals surface area (Å²) in [7, 11) is 3.65. The van der Waals surface area contributed by atoms with Crippen molar-refractivity contribution in [1.82, 2.24) is 10.3 Å². The predicted molar refractivity (Wildman–Crippen MR) is 80.4 cm³/mol. The molecule has 0 radical (unpaired) electrons. The van der Waals surface area contributed by atoms with Gasteiger partial charge in [0, 0.05) is 22.9 Å². The smallest absolute Gasteiger partial charge is 0.119 e. The Balaban J connectivity index is 2.26. The first-order valence-corrected chi connectivity index (χ1v) is 6.93. The largest absolute Gasteiger partial charge is 0.497 e. The molecule has 3 nitrogen and oxygen atoms in total. The van der Waals surface area contributed by atoms with Crippen molar-refractivity contribution in [3.63, 3.8) is 0 Å². The van der Waals surface area contributed by atoms with Crippen molar-refractivity contribution >= 4 is 15.9 Å². The monoisotopic (exact) mass is 320 g/mol. The second kappa shape index (κ2) is 6.68. The van der Waals surface area contributed by atoms with E-state index in [0.717, 1.165) is 16.6 Å². The number of nitrogens with zero attached hydrogens (tertiary/aromatic N) is 1. The van der Waals surface area contributed by atoms with Gasteiger partial charge in [-0.2, -0.15) is 0 Å². The fourth-order valence-electron chi connectivity index (χ4n) is 2.04. The molecule has 2 rings (SSSR count). The molecule has 19 heavy (non-hydrogen) atoms. The molecule has 0 aliphatic rings. The number of pyridine rings is 1. The van der Waals surface area contributed by atoms with E-state index in [1.807, 2.05) is 31.4 Å². The van der Waals surface area contributed by atoms with Crippen molar-refractivity contribution in [1.29, 1.82) is 0 Å². The van der Waals surface area contributed by atoms with E-state index in [1.165, 1.54) is 11.1 Å². The van der Waals surface area contributed by atoms with E-state index in [1.54, 1.807) is 13.3 Å². The topological polar surface area (TPSA) is 34.2 Å².